The number of imidazole rings is 1. The Morgan fingerprint density at radius 2 is 2.06 bits per heavy atom. The second-order valence-corrected chi connectivity index (χ2v) is 8.39. The van der Waals surface area contributed by atoms with E-state index < -0.39 is 5.97 Å². The maximum absolute atomic E-state index is 10.9. The van der Waals surface area contributed by atoms with Gasteiger partial charge in [-0.05, 0) is 53.7 Å². The molecule has 4 aromatic rings. The number of aromatic nitrogens is 4. The normalized spacial score (nSPS) is 14.2. The summed E-state index contributed by atoms with van der Waals surface area (Å²) in [6, 6.07) is 14.2. The van der Waals surface area contributed by atoms with Crippen LogP contribution in [0.25, 0.3) is 11.3 Å². The SMILES string of the molecule is O=C(O)COc1cccc2c1CCCC2=CCn1cc(Cc2ccccc2-n2ccnc2)cn1. The van der Waals surface area contributed by atoms with Crippen molar-refractivity contribution in [1.82, 2.24) is 19.3 Å². The van der Waals surface area contributed by atoms with Crippen molar-refractivity contribution in [2.45, 2.75) is 32.2 Å². The van der Waals surface area contributed by atoms with Gasteiger partial charge in [0.2, 0.25) is 0 Å². The monoisotopic (exact) mass is 454 g/mol. The Kier molecular flexibility index (Phi) is 6.25. The van der Waals surface area contributed by atoms with Gasteiger partial charge in [0.05, 0.1) is 19.1 Å². The number of carboxylic acid groups (broad SMARTS) is 1. The van der Waals surface area contributed by atoms with E-state index in [4.69, 9.17) is 9.84 Å². The lowest BCUT2D eigenvalue weighted by Crippen LogP contribution is -2.12. The van der Waals surface area contributed by atoms with Crippen LogP contribution in [-0.2, 0) is 24.2 Å². The maximum atomic E-state index is 10.9. The van der Waals surface area contributed by atoms with E-state index in [0.717, 1.165) is 48.1 Å². The number of allylic oxidation sites excluding steroid dienone is 2. The summed E-state index contributed by atoms with van der Waals surface area (Å²) in [5.41, 5.74) is 6.99. The highest BCUT2D eigenvalue weighted by Gasteiger charge is 2.18. The largest absolute Gasteiger partial charge is 0.482 e. The molecular weight excluding hydrogens is 428 g/mol. The summed E-state index contributed by atoms with van der Waals surface area (Å²) >= 11 is 0. The Bertz CT molecular complexity index is 1320. The van der Waals surface area contributed by atoms with Crippen LogP contribution >= 0.6 is 0 Å². The van der Waals surface area contributed by atoms with Crippen molar-refractivity contribution in [3.05, 3.63) is 102 Å². The third kappa shape index (κ3) is 4.78. The maximum Gasteiger partial charge on any atom is 0.341 e. The molecule has 7 heteroatoms. The molecule has 0 fully saturated rings. The number of fused-ring (bicyclic) bond motifs is 1. The number of aliphatic carboxylic acids is 1. The number of carbonyl (C=O) groups is 1. The van der Waals surface area contributed by atoms with Gasteiger partial charge in [-0.15, -0.1) is 0 Å². The highest BCUT2D eigenvalue weighted by atomic mass is 16.5. The summed E-state index contributed by atoms with van der Waals surface area (Å²) < 4.78 is 9.51. The van der Waals surface area contributed by atoms with Gasteiger partial charge in [0.1, 0.15) is 5.75 Å². The fraction of sp³-hybridized carbons (Fsp3) is 0.222. The summed E-state index contributed by atoms with van der Waals surface area (Å²) in [6.45, 7) is 0.355. The Morgan fingerprint density at radius 1 is 1.15 bits per heavy atom. The first-order valence-corrected chi connectivity index (χ1v) is 11.4. The standard InChI is InChI=1S/C27H26N4O3/c32-27(33)18-34-26-10-4-7-23-21(6-3-8-24(23)26)11-13-31-17-20(16-29-31)15-22-5-1-2-9-25(22)30-14-12-28-19-30/h1-2,4-5,7,9-12,14,16-17,19H,3,6,8,13,15,18H2,(H,32,33). The molecule has 0 saturated heterocycles. The molecule has 7 nitrogen and oxygen atoms in total. The zero-order valence-corrected chi connectivity index (χ0v) is 18.8. The minimum atomic E-state index is -0.966. The molecule has 34 heavy (non-hydrogen) atoms. The molecule has 0 atom stereocenters. The van der Waals surface area contributed by atoms with E-state index in [1.807, 2.05) is 46.2 Å². The van der Waals surface area contributed by atoms with Crippen LogP contribution in [0.4, 0.5) is 0 Å². The first-order valence-electron chi connectivity index (χ1n) is 11.4. The van der Waals surface area contributed by atoms with Gasteiger partial charge in [0.15, 0.2) is 6.61 Å². The van der Waals surface area contributed by atoms with Crippen molar-refractivity contribution < 1.29 is 14.6 Å². The van der Waals surface area contributed by atoms with E-state index in [2.05, 4.69) is 46.6 Å². The van der Waals surface area contributed by atoms with Crippen molar-refractivity contribution in [3.8, 4) is 11.4 Å². The van der Waals surface area contributed by atoms with Crippen molar-refractivity contribution in [1.29, 1.82) is 0 Å². The fourth-order valence-corrected chi connectivity index (χ4v) is 4.54. The molecule has 5 rings (SSSR count). The molecule has 0 aliphatic heterocycles. The molecule has 172 valence electrons. The molecule has 1 aliphatic carbocycles. The van der Waals surface area contributed by atoms with Gasteiger partial charge in [-0.2, -0.15) is 5.10 Å². The van der Waals surface area contributed by atoms with Crippen LogP contribution < -0.4 is 4.74 Å². The molecule has 2 aromatic heterocycles. The second-order valence-electron chi connectivity index (χ2n) is 8.39. The predicted molar refractivity (Wildman–Crippen MR) is 129 cm³/mol. The molecule has 0 spiro atoms. The quantitative estimate of drug-likeness (QED) is 0.423. The molecule has 0 bridgehead atoms. The van der Waals surface area contributed by atoms with Crippen molar-refractivity contribution >= 4 is 11.5 Å². The fourth-order valence-electron chi connectivity index (χ4n) is 4.54. The lowest BCUT2D eigenvalue weighted by atomic mass is 9.86. The van der Waals surface area contributed by atoms with E-state index >= 15 is 0 Å². The number of ether oxygens (including phenoxy) is 1. The van der Waals surface area contributed by atoms with Crippen LogP contribution in [0.5, 0.6) is 5.75 Å². The van der Waals surface area contributed by atoms with Crippen LogP contribution in [0.15, 0.2) is 79.7 Å². The lowest BCUT2D eigenvalue weighted by Gasteiger charge is -2.22. The molecule has 2 aromatic carbocycles. The molecule has 1 aliphatic rings. The van der Waals surface area contributed by atoms with Crippen LogP contribution in [0.2, 0.25) is 0 Å². The lowest BCUT2D eigenvalue weighted by molar-refractivity contribution is -0.139. The van der Waals surface area contributed by atoms with Gasteiger partial charge in [0, 0.05) is 36.3 Å². The summed E-state index contributed by atoms with van der Waals surface area (Å²) in [6.07, 6.45) is 15.5. The highest BCUT2D eigenvalue weighted by Crippen LogP contribution is 2.36. The minimum absolute atomic E-state index is 0.324. The Morgan fingerprint density at radius 3 is 2.91 bits per heavy atom. The summed E-state index contributed by atoms with van der Waals surface area (Å²) in [4.78, 5) is 15.1. The molecular formula is C27H26N4O3. The summed E-state index contributed by atoms with van der Waals surface area (Å²) in [5.74, 6) is -0.297. The zero-order valence-electron chi connectivity index (χ0n) is 18.8. The highest BCUT2D eigenvalue weighted by molar-refractivity contribution is 5.73. The number of benzene rings is 2. The minimum Gasteiger partial charge on any atom is -0.482 e. The first-order chi connectivity index (χ1) is 16.7. The van der Waals surface area contributed by atoms with Gasteiger partial charge < -0.3 is 14.4 Å². The number of para-hydroxylation sites is 1. The molecule has 0 radical (unpaired) electrons. The molecule has 1 N–H and O–H groups in total. The average molecular weight is 455 g/mol. The van der Waals surface area contributed by atoms with Gasteiger partial charge in [-0.3, -0.25) is 4.68 Å². The molecule has 0 saturated carbocycles. The molecule has 0 unspecified atom stereocenters. The van der Waals surface area contributed by atoms with Gasteiger partial charge in [0.25, 0.3) is 0 Å². The number of rotatable bonds is 8. The zero-order chi connectivity index (χ0) is 23.3. The Balaban J connectivity index is 1.31. The topological polar surface area (TPSA) is 82.2 Å². The number of nitrogens with zero attached hydrogens (tertiary/aromatic N) is 4. The van der Waals surface area contributed by atoms with E-state index in [9.17, 15) is 4.79 Å². The molecule has 2 heterocycles. The summed E-state index contributed by atoms with van der Waals surface area (Å²) in [5, 5.41) is 13.5. The van der Waals surface area contributed by atoms with E-state index in [-0.39, 0.29) is 6.61 Å². The van der Waals surface area contributed by atoms with E-state index in [0.29, 0.717) is 12.3 Å². The summed E-state index contributed by atoms with van der Waals surface area (Å²) in [7, 11) is 0. The first kappa shape index (κ1) is 21.7. The van der Waals surface area contributed by atoms with Crippen LogP contribution in [0, 0.1) is 0 Å². The smallest absolute Gasteiger partial charge is 0.341 e. The van der Waals surface area contributed by atoms with E-state index in [1.165, 1.54) is 11.1 Å². The molecule has 0 amide bonds. The van der Waals surface area contributed by atoms with Gasteiger partial charge in [-0.25, -0.2) is 9.78 Å². The van der Waals surface area contributed by atoms with Crippen LogP contribution in [0.1, 0.15) is 35.1 Å². The van der Waals surface area contributed by atoms with Crippen molar-refractivity contribution in [2.75, 3.05) is 6.61 Å². The Hall–Kier alpha value is -4.13. The Labute approximate surface area is 198 Å². The third-order valence-corrected chi connectivity index (χ3v) is 6.08. The average Bonchev–Trinajstić information content (AvgIpc) is 3.54. The van der Waals surface area contributed by atoms with Crippen molar-refractivity contribution in [2.24, 2.45) is 0 Å². The predicted octanol–water partition coefficient (Wildman–Crippen LogP) is 4.54. The van der Waals surface area contributed by atoms with Gasteiger partial charge in [-0.1, -0.05) is 36.4 Å². The van der Waals surface area contributed by atoms with Crippen LogP contribution in [-0.4, -0.2) is 37.0 Å². The van der Waals surface area contributed by atoms with Crippen LogP contribution in [0.3, 0.4) is 0 Å². The van der Waals surface area contributed by atoms with Gasteiger partial charge >= 0.3 is 5.97 Å². The van der Waals surface area contributed by atoms with E-state index in [1.54, 1.807) is 6.20 Å². The van der Waals surface area contributed by atoms with Crippen molar-refractivity contribution in [3.63, 3.8) is 0 Å². The number of hydrogen-bond acceptors (Lipinski definition) is 4. The third-order valence-electron chi connectivity index (χ3n) is 6.08. The number of carboxylic acids is 1. The number of hydrogen-bond donors (Lipinski definition) is 1. The second kappa shape index (κ2) is 9.79.